The van der Waals surface area contributed by atoms with E-state index in [9.17, 15) is 19.2 Å². The maximum Gasteiger partial charge on any atom is 0.351 e. The van der Waals surface area contributed by atoms with Gasteiger partial charge < -0.3 is 14.2 Å². The summed E-state index contributed by atoms with van der Waals surface area (Å²) in [4.78, 5) is 43.0. The largest absolute Gasteiger partial charge is 0.466 e. The molecule has 0 aliphatic carbocycles. The molecule has 0 atom stereocenters. The molecule has 0 spiro atoms. The van der Waals surface area contributed by atoms with Crippen LogP contribution in [0.15, 0.2) is 12.2 Å². The van der Waals surface area contributed by atoms with Crippen molar-refractivity contribution in [2.24, 2.45) is 0 Å². The average Bonchev–Trinajstić information content (AvgIpc) is 2.32. The summed E-state index contributed by atoms with van der Waals surface area (Å²) < 4.78 is 12.8. The van der Waals surface area contributed by atoms with Crippen molar-refractivity contribution >= 4 is 39.8 Å². The minimum atomic E-state index is -1.01. The lowest BCUT2D eigenvalue weighted by Crippen LogP contribution is -2.19. The minimum absolute atomic E-state index is 0.144. The molecule has 8 heteroatoms. The Hall–Kier alpha value is -1.70. The maximum absolute atomic E-state index is 10.9. The lowest BCUT2D eigenvalue weighted by atomic mass is 10.5. The zero-order valence-corrected chi connectivity index (χ0v) is 10.4. The van der Waals surface area contributed by atoms with Crippen LogP contribution in [-0.2, 0) is 33.4 Å². The molecule has 0 unspecified atom stereocenters. The molecule has 0 fully saturated rings. The van der Waals surface area contributed by atoms with Crippen molar-refractivity contribution < 1.29 is 33.4 Å². The summed E-state index contributed by atoms with van der Waals surface area (Å²) in [6.45, 7) is -0.719. The van der Waals surface area contributed by atoms with Crippen molar-refractivity contribution in [1.29, 1.82) is 0 Å². The number of carbonyl (C=O) groups excluding carboxylic acids is 4. The molecule has 0 N–H and O–H groups in total. The molecule has 94 valence electrons. The smallest absolute Gasteiger partial charge is 0.351 e. The Bertz CT molecular complexity index is 347. The Labute approximate surface area is 105 Å². The van der Waals surface area contributed by atoms with Gasteiger partial charge in [0.2, 0.25) is 0 Å². The van der Waals surface area contributed by atoms with Gasteiger partial charge in [0.1, 0.15) is 5.33 Å². The third-order valence-electron chi connectivity index (χ3n) is 1.23. The number of carbonyl (C=O) groups is 4. The molecule has 0 aromatic carbocycles. The summed E-state index contributed by atoms with van der Waals surface area (Å²) >= 11 is 2.77. The number of rotatable bonds is 5. The van der Waals surface area contributed by atoms with E-state index in [1.807, 2.05) is 0 Å². The summed E-state index contributed by atoms with van der Waals surface area (Å²) in [5.74, 6) is -3.47. The molecule has 17 heavy (non-hydrogen) atoms. The highest BCUT2D eigenvalue weighted by atomic mass is 79.9. The molecule has 0 aliphatic rings. The van der Waals surface area contributed by atoms with Gasteiger partial charge in [-0.3, -0.25) is 4.79 Å². The van der Waals surface area contributed by atoms with Gasteiger partial charge >= 0.3 is 23.9 Å². The van der Waals surface area contributed by atoms with Gasteiger partial charge in [0.25, 0.3) is 0 Å². The molecular formula is C9H9BrO7. The average molecular weight is 309 g/mol. The van der Waals surface area contributed by atoms with Crippen molar-refractivity contribution in [3.8, 4) is 0 Å². The molecule has 0 aromatic heterocycles. The quantitative estimate of drug-likeness (QED) is 0.227. The summed E-state index contributed by atoms with van der Waals surface area (Å²) in [5.41, 5.74) is 0. The second-order valence-electron chi connectivity index (χ2n) is 2.44. The summed E-state index contributed by atoms with van der Waals surface area (Å²) in [6, 6.07) is 0. The van der Waals surface area contributed by atoms with Gasteiger partial charge in [-0.1, -0.05) is 15.9 Å². The fourth-order valence-corrected chi connectivity index (χ4v) is 0.680. The normalized spacial score (nSPS) is 9.76. The van der Waals surface area contributed by atoms with E-state index in [0.717, 1.165) is 19.3 Å². The fraction of sp³-hybridized carbons (Fsp3) is 0.333. The third kappa shape index (κ3) is 8.14. The van der Waals surface area contributed by atoms with Gasteiger partial charge in [-0.15, -0.1) is 0 Å². The topological polar surface area (TPSA) is 96.0 Å². The first kappa shape index (κ1) is 15.3. The SMILES string of the molecule is COC(=O)/C=C/C(=O)OCC(=O)OC(=O)CBr. The molecule has 0 heterocycles. The minimum Gasteiger partial charge on any atom is -0.466 e. The van der Waals surface area contributed by atoms with E-state index < -0.39 is 30.5 Å². The van der Waals surface area contributed by atoms with Crippen LogP contribution in [0.25, 0.3) is 0 Å². The Kier molecular flexibility index (Phi) is 7.61. The van der Waals surface area contributed by atoms with Crippen LogP contribution in [-0.4, -0.2) is 42.9 Å². The molecule has 0 radical (unpaired) electrons. The summed E-state index contributed by atoms with van der Waals surface area (Å²) in [5, 5.41) is -0.144. The molecule has 0 aromatic rings. The van der Waals surface area contributed by atoms with Gasteiger partial charge in [-0.25, -0.2) is 14.4 Å². The second-order valence-corrected chi connectivity index (χ2v) is 3.00. The Balaban J connectivity index is 3.92. The van der Waals surface area contributed by atoms with Crippen molar-refractivity contribution in [2.75, 3.05) is 19.0 Å². The molecular weight excluding hydrogens is 300 g/mol. The molecule has 0 amide bonds. The predicted molar refractivity (Wildman–Crippen MR) is 57.0 cm³/mol. The molecule has 0 rings (SSSR count). The van der Waals surface area contributed by atoms with E-state index in [1.54, 1.807) is 0 Å². The van der Waals surface area contributed by atoms with Crippen LogP contribution in [0.4, 0.5) is 0 Å². The number of methoxy groups -OCH3 is 1. The van der Waals surface area contributed by atoms with Gasteiger partial charge in [0.15, 0.2) is 6.61 Å². The number of hydrogen-bond donors (Lipinski definition) is 0. The van der Waals surface area contributed by atoms with E-state index in [4.69, 9.17) is 0 Å². The monoisotopic (exact) mass is 308 g/mol. The zero-order valence-electron chi connectivity index (χ0n) is 8.80. The van der Waals surface area contributed by atoms with Crippen LogP contribution in [0.2, 0.25) is 0 Å². The van der Waals surface area contributed by atoms with Crippen LogP contribution in [0, 0.1) is 0 Å². The number of alkyl halides is 1. The first-order chi connectivity index (χ1) is 7.99. The lowest BCUT2D eigenvalue weighted by molar-refractivity contribution is -0.164. The summed E-state index contributed by atoms with van der Waals surface area (Å²) in [6.07, 6.45) is 1.61. The van der Waals surface area contributed by atoms with E-state index >= 15 is 0 Å². The molecule has 0 bridgehead atoms. The van der Waals surface area contributed by atoms with E-state index in [-0.39, 0.29) is 5.33 Å². The van der Waals surface area contributed by atoms with Crippen molar-refractivity contribution in [3.63, 3.8) is 0 Å². The Morgan fingerprint density at radius 1 is 1.06 bits per heavy atom. The first-order valence-corrected chi connectivity index (χ1v) is 5.34. The predicted octanol–water partition coefficient (Wildman–Crippen LogP) is -0.277. The Morgan fingerprint density at radius 2 is 1.65 bits per heavy atom. The van der Waals surface area contributed by atoms with Crippen LogP contribution in [0.5, 0.6) is 0 Å². The third-order valence-corrected chi connectivity index (χ3v) is 1.68. The molecule has 0 saturated heterocycles. The van der Waals surface area contributed by atoms with Crippen LogP contribution in [0.1, 0.15) is 0 Å². The summed E-state index contributed by atoms with van der Waals surface area (Å²) in [7, 11) is 1.14. The number of esters is 4. The highest BCUT2D eigenvalue weighted by Gasteiger charge is 2.11. The first-order valence-electron chi connectivity index (χ1n) is 4.21. The number of halogens is 1. The van der Waals surface area contributed by atoms with E-state index in [1.165, 1.54) is 0 Å². The van der Waals surface area contributed by atoms with Crippen LogP contribution < -0.4 is 0 Å². The Morgan fingerprint density at radius 3 is 2.18 bits per heavy atom. The van der Waals surface area contributed by atoms with Gasteiger partial charge in [0, 0.05) is 12.2 Å². The molecule has 7 nitrogen and oxygen atoms in total. The highest BCUT2D eigenvalue weighted by molar-refractivity contribution is 9.09. The van der Waals surface area contributed by atoms with Crippen LogP contribution in [0.3, 0.4) is 0 Å². The van der Waals surface area contributed by atoms with Crippen molar-refractivity contribution in [3.05, 3.63) is 12.2 Å². The molecule has 0 saturated carbocycles. The number of hydrogen-bond acceptors (Lipinski definition) is 7. The van der Waals surface area contributed by atoms with Gasteiger partial charge in [0.05, 0.1) is 7.11 Å². The van der Waals surface area contributed by atoms with E-state index in [0.29, 0.717) is 0 Å². The zero-order chi connectivity index (χ0) is 13.3. The van der Waals surface area contributed by atoms with Crippen molar-refractivity contribution in [2.45, 2.75) is 0 Å². The van der Waals surface area contributed by atoms with Gasteiger partial charge in [-0.05, 0) is 0 Å². The lowest BCUT2D eigenvalue weighted by Gasteiger charge is -2.01. The maximum atomic E-state index is 10.9. The number of ether oxygens (including phenoxy) is 3. The van der Waals surface area contributed by atoms with Crippen molar-refractivity contribution in [1.82, 2.24) is 0 Å². The second kappa shape index (κ2) is 8.45. The fourth-order valence-electron chi connectivity index (χ4n) is 0.566. The standard InChI is InChI=1S/C9H9BrO7/c1-15-6(11)2-3-7(12)16-5-9(14)17-8(13)4-10/h2-3H,4-5H2,1H3/b3-2+. The van der Waals surface area contributed by atoms with Crippen LogP contribution >= 0.6 is 15.9 Å². The van der Waals surface area contributed by atoms with E-state index in [2.05, 4.69) is 30.1 Å². The van der Waals surface area contributed by atoms with Gasteiger partial charge in [-0.2, -0.15) is 0 Å². The highest BCUT2D eigenvalue weighted by Crippen LogP contribution is 1.90. The molecule has 0 aliphatic heterocycles.